The van der Waals surface area contributed by atoms with Crippen LogP contribution in [0.25, 0.3) is 11.5 Å². The van der Waals surface area contributed by atoms with Crippen molar-refractivity contribution in [3.8, 4) is 17.2 Å². The first kappa shape index (κ1) is 11.4. The van der Waals surface area contributed by atoms with Gasteiger partial charge in [-0.15, -0.1) is 5.10 Å². The summed E-state index contributed by atoms with van der Waals surface area (Å²) in [6, 6.07) is 5.95. The number of nitrogens with two attached hydrogens (primary N) is 1. The summed E-state index contributed by atoms with van der Waals surface area (Å²) in [5, 5.41) is 7.52. The Morgan fingerprint density at radius 3 is 2.59 bits per heavy atom. The van der Waals surface area contributed by atoms with Gasteiger partial charge in [-0.1, -0.05) is 25.0 Å². The number of rotatable bonds is 3. The molecule has 1 aromatic carbocycles. The molecule has 0 saturated carbocycles. The van der Waals surface area contributed by atoms with Crippen LogP contribution in [0.2, 0.25) is 0 Å². The smallest absolute Gasteiger partial charge is 0.313 e. The molecule has 2 N–H and O–H groups in total. The summed E-state index contributed by atoms with van der Waals surface area (Å²) < 4.78 is 10.5. The first-order valence-electron chi connectivity index (χ1n) is 5.39. The molecule has 0 atom stereocenters. The van der Waals surface area contributed by atoms with Crippen molar-refractivity contribution in [3.63, 3.8) is 0 Å². The predicted molar refractivity (Wildman–Crippen MR) is 64.8 cm³/mol. The number of nitrogens with zero attached hydrogens (tertiary/aromatic N) is 2. The zero-order valence-electron chi connectivity index (χ0n) is 10.1. The number of nitrogen functional groups attached to an aromatic ring is 1. The summed E-state index contributed by atoms with van der Waals surface area (Å²) in [5.74, 6) is 1.49. The molecule has 5 nitrogen and oxygen atoms in total. The Balaban J connectivity index is 2.53. The fraction of sp³-hybridized carbons (Fsp3) is 0.333. The standard InChI is InChI=1S/C12H15N3O2/c1-7(2)8-4-5-10(16-3)9(6-8)11-14-15-12(13)17-11/h4-7H,1-3H3,(H2,13,15). The minimum atomic E-state index is 0.0528. The topological polar surface area (TPSA) is 74.2 Å². The van der Waals surface area contributed by atoms with E-state index in [0.29, 0.717) is 17.6 Å². The van der Waals surface area contributed by atoms with Crippen LogP contribution in [-0.4, -0.2) is 17.3 Å². The number of ether oxygens (including phenoxy) is 1. The molecule has 0 saturated heterocycles. The molecule has 5 heteroatoms. The Kier molecular flexibility index (Phi) is 2.99. The number of aromatic nitrogens is 2. The maximum Gasteiger partial charge on any atom is 0.313 e. The lowest BCUT2D eigenvalue weighted by molar-refractivity contribution is 0.414. The molecule has 0 aliphatic rings. The van der Waals surface area contributed by atoms with Crippen LogP contribution in [0.15, 0.2) is 22.6 Å². The summed E-state index contributed by atoms with van der Waals surface area (Å²) in [6.45, 7) is 4.24. The van der Waals surface area contributed by atoms with Crippen molar-refractivity contribution in [2.45, 2.75) is 19.8 Å². The van der Waals surface area contributed by atoms with Gasteiger partial charge in [0, 0.05) is 0 Å². The highest BCUT2D eigenvalue weighted by Crippen LogP contribution is 2.32. The van der Waals surface area contributed by atoms with E-state index in [9.17, 15) is 0 Å². The molecule has 17 heavy (non-hydrogen) atoms. The van der Waals surface area contributed by atoms with Crippen molar-refractivity contribution >= 4 is 6.01 Å². The van der Waals surface area contributed by atoms with Crippen LogP contribution in [0.5, 0.6) is 5.75 Å². The van der Waals surface area contributed by atoms with Crippen molar-refractivity contribution in [1.82, 2.24) is 10.2 Å². The highest BCUT2D eigenvalue weighted by molar-refractivity contribution is 5.64. The highest BCUT2D eigenvalue weighted by atomic mass is 16.5. The van der Waals surface area contributed by atoms with E-state index in [-0.39, 0.29) is 6.01 Å². The van der Waals surface area contributed by atoms with Gasteiger partial charge >= 0.3 is 6.01 Å². The maximum absolute atomic E-state index is 5.42. The van der Waals surface area contributed by atoms with Crippen molar-refractivity contribution in [1.29, 1.82) is 0 Å². The lowest BCUT2D eigenvalue weighted by Gasteiger charge is -2.10. The van der Waals surface area contributed by atoms with E-state index in [1.165, 1.54) is 5.56 Å². The molecule has 90 valence electrons. The predicted octanol–water partition coefficient (Wildman–Crippen LogP) is 2.45. The van der Waals surface area contributed by atoms with Crippen LogP contribution in [-0.2, 0) is 0 Å². The number of hydrogen-bond donors (Lipinski definition) is 1. The Bertz CT molecular complexity index is 520. The third-order valence-corrected chi connectivity index (χ3v) is 2.56. The van der Waals surface area contributed by atoms with Crippen molar-refractivity contribution in [2.75, 3.05) is 12.8 Å². The normalized spacial score (nSPS) is 10.8. The number of anilines is 1. The number of hydrogen-bond acceptors (Lipinski definition) is 5. The van der Waals surface area contributed by atoms with Gasteiger partial charge in [-0.25, -0.2) is 0 Å². The molecule has 0 amide bonds. The zero-order chi connectivity index (χ0) is 12.4. The lowest BCUT2D eigenvalue weighted by atomic mass is 10.0. The molecule has 2 rings (SSSR count). The fourth-order valence-electron chi connectivity index (χ4n) is 1.60. The van der Waals surface area contributed by atoms with Gasteiger partial charge < -0.3 is 14.9 Å². The van der Waals surface area contributed by atoms with Gasteiger partial charge in [0.05, 0.1) is 12.7 Å². The highest BCUT2D eigenvalue weighted by Gasteiger charge is 2.14. The average Bonchev–Trinajstić information content (AvgIpc) is 2.74. The van der Waals surface area contributed by atoms with Crippen molar-refractivity contribution < 1.29 is 9.15 Å². The summed E-state index contributed by atoms with van der Waals surface area (Å²) in [5.41, 5.74) is 7.37. The number of benzene rings is 1. The summed E-state index contributed by atoms with van der Waals surface area (Å²) in [4.78, 5) is 0. The zero-order valence-corrected chi connectivity index (χ0v) is 10.1. The first-order valence-corrected chi connectivity index (χ1v) is 5.39. The minimum absolute atomic E-state index is 0.0528. The van der Waals surface area contributed by atoms with Gasteiger partial charge in [-0.3, -0.25) is 0 Å². The van der Waals surface area contributed by atoms with E-state index in [0.717, 1.165) is 5.56 Å². The molecular weight excluding hydrogens is 218 g/mol. The molecule has 0 bridgehead atoms. The monoisotopic (exact) mass is 233 g/mol. The molecule has 1 aromatic heterocycles. The molecule has 0 fully saturated rings. The molecule has 2 aromatic rings. The van der Waals surface area contributed by atoms with E-state index < -0.39 is 0 Å². The van der Waals surface area contributed by atoms with Crippen LogP contribution in [0, 0.1) is 0 Å². The third kappa shape index (κ3) is 2.22. The lowest BCUT2D eigenvalue weighted by Crippen LogP contribution is -1.93. The third-order valence-electron chi connectivity index (χ3n) is 2.56. The first-order chi connectivity index (χ1) is 8.11. The Labute approximate surface area is 99.6 Å². The van der Waals surface area contributed by atoms with Crippen molar-refractivity contribution in [3.05, 3.63) is 23.8 Å². The second kappa shape index (κ2) is 4.45. The SMILES string of the molecule is COc1ccc(C(C)C)cc1-c1nnc(N)o1. The van der Waals surface area contributed by atoms with Gasteiger partial charge in [-0.2, -0.15) is 0 Å². The Morgan fingerprint density at radius 2 is 2.06 bits per heavy atom. The van der Waals surface area contributed by atoms with Crippen LogP contribution >= 0.6 is 0 Å². The van der Waals surface area contributed by atoms with Gasteiger partial charge in [0.25, 0.3) is 5.89 Å². The fourth-order valence-corrected chi connectivity index (χ4v) is 1.60. The van der Waals surface area contributed by atoms with Crippen LogP contribution < -0.4 is 10.5 Å². The largest absolute Gasteiger partial charge is 0.496 e. The van der Waals surface area contributed by atoms with Crippen LogP contribution in [0.1, 0.15) is 25.3 Å². The second-order valence-corrected chi connectivity index (χ2v) is 4.06. The van der Waals surface area contributed by atoms with E-state index in [1.807, 2.05) is 18.2 Å². The van der Waals surface area contributed by atoms with E-state index in [2.05, 4.69) is 24.0 Å². The molecular formula is C12H15N3O2. The van der Waals surface area contributed by atoms with Gasteiger partial charge in [-0.05, 0) is 23.6 Å². The van der Waals surface area contributed by atoms with E-state index in [1.54, 1.807) is 7.11 Å². The summed E-state index contributed by atoms with van der Waals surface area (Å²) >= 11 is 0. The summed E-state index contributed by atoms with van der Waals surface area (Å²) in [7, 11) is 1.60. The average molecular weight is 233 g/mol. The number of methoxy groups -OCH3 is 1. The van der Waals surface area contributed by atoms with Gasteiger partial charge in [0.1, 0.15) is 5.75 Å². The van der Waals surface area contributed by atoms with E-state index >= 15 is 0 Å². The quantitative estimate of drug-likeness (QED) is 0.881. The molecule has 0 aliphatic carbocycles. The van der Waals surface area contributed by atoms with Crippen molar-refractivity contribution in [2.24, 2.45) is 0 Å². The molecule has 0 aliphatic heterocycles. The molecule has 0 unspecified atom stereocenters. The molecule has 0 radical (unpaired) electrons. The second-order valence-electron chi connectivity index (χ2n) is 4.06. The minimum Gasteiger partial charge on any atom is -0.496 e. The van der Waals surface area contributed by atoms with Gasteiger partial charge in [0.2, 0.25) is 0 Å². The van der Waals surface area contributed by atoms with Crippen LogP contribution in [0.4, 0.5) is 6.01 Å². The summed E-state index contributed by atoms with van der Waals surface area (Å²) in [6.07, 6.45) is 0. The Hall–Kier alpha value is -2.04. The Morgan fingerprint density at radius 1 is 1.29 bits per heavy atom. The molecule has 1 heterocycles. The van der Waals surface area contributed by atoms with Gasteiger partial charge in [0.15, 0.2) is 0 Å². The van der Waals surface area contributed by atoms with Crippen LogP contribution in [0.3, 0.4) is 0 Å². The maximum atomic E-state index is 5.42. The van der Waals surface area contributed by atoms with E-state index in [4.69, 9.17) is 14.9 Å². The molecule has 0 spiro atoms.